The van der Waals surface area contributed by atoms with Crippen LogP contribution < -0.4 is 19.3 Å². The van der Waals surface area contributed by atoms with Crippen molar-refractivity contribution in [3.63, 3.8) is 0 Å². The summed E-state index contributed by atoms with van der Waals surface area (Å²) in [5.41, 5.74) is 1.04. The number of rotatable bonds is 5. The number of esters is 1. The lowest BCUT2D eigenvalue weighted by molar-refractivity contribution is -0.139. The SMILES string of the molecule is COc1cccc(N2C[C@H](C(=O)Oc3cccc(N4C(=O)[C@@H]5[C@@H](C)C=CC[C@H]5C4=O)c3)CC2=O)c1. The fourth-order valence-corrected chi connectivity index (χ4v) is 5.18. The predicted molar refractivity (Wildman–Crippen MR) is 128 cm³/mol. The smallest absolute Gasteiger partial charge is 0.316 e. The van der Waals surface area contributed by atoms with E-state index in [-0.39, 0.29) is 54.2 Å². The molecule has 0 radical (unpaired) electrons. The average molecular weight is 475 g/mol. The summed E-state index contributed by atoms with van der Waals surface area (Å²) in [6, 6.07) is 13.5. The number of carbonyl (C=O) groups is 4. The number of fused-ring (bicyclic) bond motifs is 1. The quantitative estimate of drug-likeness (QED) is 0.286. The van der Waals surface area contributed by atoms with Gasteiger partial charge in [0.2, 0.25) is 17.7 Å². The summed E-state index contributed by atoms with van der Waals surface area (Å²) >= 11 is 0. The number of hydrogen-bond donors (Lipinski definition) is 0. The number of carbonyl (C=O) groups excluding carboxylic acids is 4. The molecule has 2 aliphatic heterocycles. The van der Waals surface area contributed by atoms with E-state index in [1.54, 1.807) is 54.5 Å². The second-order valence-electron chi connectivity index (χ2n) is 9.19. The van der Waals surface area contributed by atoms with E-state index in [2.05, 4.69) is 0 Å². The Hall–Kier alpha value is -3.94. The van der Waals surface area contributed by atoms with Crippen molar-refractivity contribution in [1.82, 2.24) is 0 Å². The lowest BCUT2D eigenvalue weighted by Crippen LogP contribution is -2.31. The van der Waals surface area contributed by atoms with Gasteiger partial charge >= 0.3 is 5.97 Å². The molecule has 8 heteroatoms. The number of anilines is 2. The molecule has 2 fully saturated rings. The lowest BCUT2D eigenvalue weighted by atomic mass is 9.78. The zero-order valence-corrected chi connectivity index (χ0v) is 19.5. The van der Waals surface area contributed by atoms with E-state index < -0.39 is 11.9 Å². The Morgan fingerprint density at radius 1 is 0.971 bits per heavy atom. The monoisotopic (exact) mass is 474 g/mol. The summed E-state index contributed by atoms with van der Waals surface area (Å²) in [6.45, 7) is 2.14. The molecule has 1 aliphatic carbocycles. The van der Waals surface area contributed by atoms with E-state index in [0.717, 1.165) is 0 Å². The van der Waals surface area contributed by atoms with Gasteiger partial charge < -0.3 is 14.4 Å². The van der Waals surface area contributed by atoms with Crippen molar-refractivity contribution in [1.29, 1.82) is 0 Å². The third-order valence-electron chi connectivity index (χ3n) is 6.99. The Morgan fingerprint density at radius 3 is 2.43 bits per heavy atom. The van der Waals surface area contributed by atoms with E-state index in [1.165, 1.54) is 11.0 Å². The molecular weight excluding hydrogens is 448 g/mol. The topological polar surface area (TPSA) is 93.2 Å². The number of ether oxygens (including phenoxy) is 2. The Bertz CT molecular complexity index is 1240. The molecule has 8 nitrogen and oxygen atoms in total. The molecule has 0 bridgehead atoms. The molecule has 0 aromatic heterocycles. The molecule has 0 N–H and O–H groups in total. The van der Waals surface area contributed by atoms with Crippen molar-refractivity contribution >= 4 is 35.1 Å². The van der Waals surface area contributed by atoms with E-state index in [4.69, 9.17) is 9.47 Å². The number of hydrogen-bond acceptors (Lipinski definition) is 6. The van der Waals surface area contributed by atoms with Crippen LogP contribution in [-0.2, 0) is 19.2 Å². The Balaban J connectivity index is 1.29. The number of allylic oxidation sites excluding steroid dienone is 2. The van der Waals surface area contributed by atoms with Gasteiger partial charge in [-0.05, 0) is 36.6 Å². The van der Waals surface area contributed by atoms with Crippen LogP contribution in [0.15, 0.2) is 60.7 Å². The first-order chi connectivity index (χ1) is 16.9. The molecule has 2 aromatic carbocycles. The first-order valence-electron chi connectivity index (χ1n) is 11.7. The minimum absolute atomic E-state index is 0.0105. The van der Waals surface area contributed by atoms with Crippen molar-refractivity contribution in [2.45, 2.75) is 19.8 Å². The van der Waals surface area contributed by atoms with Gasteiger partial charge in [-0.1, -0.05) is 31.2 Å². The highest BCUT2D eigenvalue weighted by molar-refractivity contribution is 6.22. The standard InChI is InChI=1S/C27H26N2O6/c1-16-6-3-11-22-24(16)26(32)29(25(22)31)19-8-5-10-21(14-19)35-27(33)17-12-23(30)28(15-17)18-7-4-9-20(13-18)34-2/h3-10,13-14,16-17,22,24H,11-12,15H2,1-2H3/t16-,17+,22+,24+/m0/s1. The summed E-state index contributed by atoms with van der Waals surface area (Å²) in [5, 5.41) is 0. The fourth-order valence-electron chi connectivity index (χ4n) is 5.18. The largest absolute Gasteiger partial charge is 0.497 e. The molecule has 2 saturated heterocycles. The molecule has 2 aromatic rings. The van der Waals surface area contributed by atoms with Crippen LogP contribution in [0.4, 0.5) is 11.4 Å². The number of nitrogens with zero attached hydrogens (tertiary/aromatic N) is 2. The van der Waals surface area contributed by atoms with Crippen LogP contribution in [-0.4, -0.2) is 37.3 Å². The summed E-state index contributed by atoms with van der Waals surface area (Å²) < 4.78 is 10.8. The molecule has 4 atom stereocenters. The van der Waals surface area contributed by atoms with Gasteiger partial charge in [-0.2, -0.15) is 0 Å². The Kier molecular flexibility index (Phi) is 5.88. The number of methoxy groups -OCH3 is 1. The second kappa shape index (κ2) is 9.02. The summed E-state index contributed by atoms with van der Waals surface area (Å²) in [4.78, 5) is 54.3. The third-order valence-corrected chi connectivity index (χ3v) is 6.99. The third kappa shape index (κ3) is 4.09. The van der Waals surface area contributed by atoms with Gasteiger partial charge in [0.05, 0.1) is 30.6 Å². The lowest BCUT2D eigenvalue weighted by Gasteiger charge is -2.22. The van der Waals surface area contributed by atoms with Crippen LogP contribution in [0.5, 0.6) is 11.5 Å². The zero-order valence-electron chi connectivity index (χ0n) is 19.5. The van der Waals surface area contributed by atoms with Crippen LogP contribution in [0.1, 0.15) is 19.8 Å². The Labute approximate surface area is 203 Å². The van der Waals surface area contributed by atoms with Gasteiger partial charge in [-0.3, -0.25) is 19.2 Å². The average Bonchev–Trinajstić information content (AvgIpc) is 3.37. The van der Waals surface area contributed by atoms with Crippen molar-refractivity contribution in [2.24, 2.45) is 23.7 Å². The first kappa shape index (κ1) is 22.8. The van der Waals surface area contributed by atoms with Crippen LogP contribution >= 0.6 is 0 Å². The van der Waals surface area contributed by atoms with Gasteiger partial charge in [0.25, 0.3) is 0 Å². The van der Waals surface area contributed by atoms with Crippen LogP contribution in [0.2, 0.25) is 0 Å². The molecule has 180 valence electrons. The maximum atomic E-state index is 13.1. The van der Waals surface area contributed by atoms with Crippen molar-refractivity contribution < 1.29 is 28.7 Å². The minimum atomic E-state index is -0.637. The molecule has 0 spiro atoms. The minimum Gasteiger partial charge on any atom is -0.497 e. The van der Waals surface area contributed by atoms with Crippen molar-refractivity contribution in [3.05, 3.63) is 60.7 Å². The molecular formula is C27H26N2O6. The highest BCUT2D eigenvalue weighted by Gasteiger charge is 2.50. The molecule has 3 amide bonds. The molecule has 2 heterocycles. The molecule has 5 rings (SSSR count). The number of amides is 3. The van der Waals surface area contributed by atoms with E-state index >= 15 is 0 Å². The van der Waals surface area contributed by atoms with Gasteiger partial charge in [0.1, 0.15) is 11.5 Å². The second-order valence-corrected chi connectivity index (χ2v) is 9.19. The van der Waals surface area contributed by atoms with Crippen LogP contribution in [0, 0.1) is 23.7 Å². The first-order valence-corrected chi connectivity index (χ1v) is 11.7. The number of benzene rings is 2. The molecule has 3 aliphatic rings. The van der Waals surface area contributed by atoms with E-state index in [0.29, 0.717) is 23.5 Å². The van der Waals surface area contributed by atoms with Crippen molar-refractivity contribution in [2.75, 3.05) is 23.5 Å². The number of imide groups is 1. The highest BCUT2D eigenvalue weighted by Crippen LogP contribution is 2.41. The summed E-state index contributed by atoms with van der Waals surface area (Å²) in [7, 11) is 1.55. The Morgan fingerprint density at radius 2 is 1.69 bits per heavy atom. The fraction of sp³-hybridized carbons (Fsp3) is 0.333. The van der Waals surface area contributed by atoms with E-state index in [1.807, 2.05) is 19.1 Å². The molecule has 0 unspecified atom stereocenters. The van der Waals surface area contributed by atoms with Crippen molar-refractivity contribution in [3.8, 4) is 11.5 Å². The van der Waals surface area contributed by atoms with Crippen LogP contribution in [0.3, 0.4) is 0 Å². The molecule has 35 heavy (non-hydrogen) atoms. The maximum absolute atomic E-state index is 13.1. The van der Waals surface area contributed by atoms with Gasteiger partial charge in [-0.15, -0.1) is 0 Å². The molecule has 0 saturated carbocycles. The maximum Gasteiger partial charge on any atom is 0.316 e. The normalized spacial score (nSPS) is 25.7. The zero-order chi connectivity index (χ0) is 24.7. The van der Waals surface area contributed by atoms with Gasteiger partial charge in [0, 0.05) is 30.8 Å². The summed E-state index contributed by atoms with van der Waals surface area (Å²) in [5.74, 6) is -1.70. The van der Waals surface area contributed by atoms with E-state index in [9.17, 15) is 19.2 Å². The van der Waals surface area contributed by atoms with Crippen LogP contribution in [0.25, 0.3) is 0 Å². The highest BCUT2D eigenvalue weighted by atomic mass is 16.5. The van der Waals surface area contributed by atoms with Gasteiger partial charge in [-0.25, -0.2) is 4.90 Å². The predicted octanol–water partition coefficient (Wildman–Crippen LogP) is 3.36. The summed E-state index contributed by atoms with van der Waals surface area (Å²) in [6.07, 6.45) is 4.51. The van der Waals surface area contributed by atoms with Gasteiger partial charge in [0.15, 0.2) is 0 Å².